The Morgan fingerprint density at radius 2 is 1.81 bits per heavy atom. The zero-order chi connectivity index (χ0) is 12.2. The highest BCUT2D eigenvalue weighted by molar-refractivity contribution is 4.81. The smallest absolute Gasteiger partial charge is 0.00216 e. The SMILES string of the molecule is CCC(CN)CN1CCC(C(C)(C)C)CC1. The van der Waals surface area contributed by atoms with Gasteiger partial charge in [0.1, 0.15) is 0 Å². The highest BCUT2D eigenvalue weighted by Crippen LogP contribution is 2.34. The molecule has 96 valence electrons. The van der Waals surface area contributed by atoms with Crippen molar-refractivity contribution in [2.24, 2.45) is 23.0 Å². The molecule has 0 aliphatic carbocycles. The van der Waals surface area contributed by atoms with E-state index in [1.165, 1.54) is 38.9 Å². The summed E-state index contributed by atoms with van der Waals surface area (Å²) in [6.07, 6.45) is 3.95. The Hall–Kier alpha value is -0.0800. The zero-order valence-corrected chi connectivity index (χ0v) is 11.6. The molecule has 0 aromatic heterocycles. The molecule has 0 aromatic carbocycles. The highest BCUT2D eigenvalue weighted by atomic mass is 15.1. The molecule has 2 N–H and O–H groups in total. The molecule has 1 saturated heterocycles. The van der Waals surface area contributed by atoms with E-state index in [0.717, 1.165) is 12.5 Å². The number of piperidine rings is 1. The van der Waals surface area contributed by atoms with Gasteiger partial charge in [-0.05, 0) is 49.7 Å². The normalized spacial score (nSPS) is 22.3. The molecule has 1 heterocycles. The number of hydrogen-bond acceptors (Lipinski definition) is 2. The van der Waals surface area contributed by atoms with Crippen LogP contribution in [0.15, 0.2) is 0 Å². The summed E-state index contributed by atoms with van der Waals surface area (Å²) in [6, 6.07) is 0. The van der Waals surface area contributed by atoms with Gasteiger partial charge >= 0.3 is 0 Å². The lowest BCUT2D eigenvalue weighted by molar-refractivity contribution is 0.101. The van der Waals surface area contributed by atoms with Crippen molar-refractivity contribution in [2.75, 3.05) is 26.2 Å². The fraction of sp³-hybridized carbons (Fsp3) is 1.00. The second-order valence-corrected chi connectivity index (χ2v) is 6.45. The van der Waals surface area contributed by atoms with Gasteiger partial charge in [0, 0.05) is 6.54 Å². The van der Waals surface area contributed by atoms with Crippen LogP contribution in [0.25, 0.3) is 0 Å². The van der Waals surface area contributed by atoms with Crippen LogP contribution in [0.2, 0.25) is 0 Å². The van der Waals surface area contributed by atoms with Crippen molar-refractivity contribution in [3.63, 3.8) is 0 Å². The topological polar surface area (TPSA) is 29.3 Å². The molecule has 0 aromatic rings. The van der Waals surface area contributed by atoms with Crippen molar-refractivity contribution < 1.29 is 0 Å². The van der Waals surface area contributed by atoms with Crippen molar-refractivity contribution in [3.05, 3.63) is 0 Å². The zero-order valence-electron chi connectivity index (χ0n) is 11.6. The van der Waals surface area contributed by atoms with Gasteiger partial charge in [-0.2, -0.15) is 0 Å². The molecule has 1 fully saturated rings. The second kappa shape index (κ2) is 6.02. The summed E-state index contributed by atoms with van der Waals surface area (Å²) in [5.41, 5.74) is 6.26. The molecule has 1 rings (SSSR count). The van der Waals surface area contributed by atoms with Crippen LogP contribution < -0.4 is 5.73 Å². The Morgan fingerprint density at radius 3 is 2.19 bits per heavy atom. The van der Waals surface area contributed by atoms with Gasteiger partial charge in [-0.1, -0.05) is 34.1 Å². The lowest BCUT2D eigenvalue weighted by Crippen LogP contribution is -2.41. The molecule has 0 saturated carbocycles. The van der Waals surface area contributed by atoms with Gasteiger partial charge in [0.2, 0.25) is 0 Å². The van der Waals surface area contributed by atoms with Crippen LogP contribution in [0.5, 0.6) is 0 Å². The maximum Gasteiger partial charge on any atom is 0.00216 e. The van der Waals surface area contributed by atoms with Gasteiger partial charge in [-0.25, -0.2) is 0 Å². The number of hydrogen-bond donors (Lipinski definition) is 1. The Morgan fingerprint density at radius 1 is 1.25 bits per heavy atom. The molecule has 2 nitrogen and oxygen atoms in total. The molecule has 1 aliphatic rings. The summed E-state index contributed by atoms with van der Waals surface area (Å²) in [4.78, 5) is 2.61. The summed E-state index contributed by atoms with van der Waals surface area (Å²) in [5.74, 6) is 1.60. The van der Waals surface area contributed by atoms with Gasteiger partial charge in [-0.3, -0.25) is 0 Å². The quantitative estimate of drug-likeness (QED) is 0.798. The Balaban J connectivity index is 2.32. The molecule has 0 spiro atoms. The van der Waals surface area contributed by atoms with Crippen molar-refractivity contribution in [1.82, 2.24) is 4.90 Å². The number of nitrogens with two attached hydrogens (primary N) is 1. The lowest BCUT2D eigenvalue weighted by Gasteiger charge is -2.39. The monoisotopic (exact) mass is 226 g/mol. The van der Waals surface area contributed by atoms with E-state index in [-0.39, 0.29) is 0 Å². The van der Waals surface area contributed by atoms with E-state index in [2.05, 4.69) is 32.6 Å². The van der Waals surface area contributed by atoms with Gasteiger partial charge in [0.15, 0.2) is 0 Å². The molecule has 0 amide bonds. The van der Waals surface area contributed by atoms with E-state index >= 15 is 0 Å². The third kappa shape index (κ3) is 4.06. The van der Waals surface area contributed by atoms with E-state index in [4.69, 9.17) is 5.73 Å². The first-order valence-corrected chi connectivity index (χ1v) is 6.89. The third-order valence-electron chi connectivity index (χ3n) is 4.24. The van der Waals surface area contributed by atoms with Crippen LogP contribution in [0.3, 0.4) is 0 Å². The average Bonchev–Trinajstić information content (AvgIpc) is 2.25. The van der Waals surface area contributed by atoms with E-state index in [9.17, 15) is 0 Å². The van der Waals surface area contributed by atoms with Crippen molar-refractivity contribution in [3.8, 4) is 0 Å². The predicted molar refractivity (Wildman–Crippen MR) is 71.5 cm³/mol. The van der Waals surface area contributed by atoms with Crippen LogP contribution in [-0.4, -0.2) is 31.1 Å². The molecule has 2 heteroatoms. The van der Waals surface area contributed by atoms with Crippen LogP contribution in [0.4, 0.5) is 0 Å². The van der Waals surface area contributed by atoms with Crippen LogP contribution in [0, 0.1) is 17.3 Å². The van der Waals surface area contributed by atoms with Crippen LogP contribution >= 0.6 is 0 Å². The predicted octanol–water partition coefficient (Wildman–Crippen LogP) is 2.73. The molecule has 1 unspecified atom stereocenters. The molecule has 0 bridgehead atoms. The third-order valence-corrected chi connectivity index (χ3v) is 4.24. The fourth-order valence-electron chi connectivity index (χ4n) is 2.72. The minimum atomic E-state index is 0.490. The Labute approximate surface area is 102 Å². The summed E-state index contributed by atoms with van der Waals surface area (Å²) >= 11 is 0. The van der Waals surface area contributed by atoms with E-state index in [0.29, 0.717) is 11.3 Å². The molecule has 1 atom stereocenters. The molecular weight excluding hydrogens is 196 g/mol. The first-order valence-electron chi connectivity index (χ1n) is 6.89. The van der Waals surface area contributed by atoms with Crippen molar-refractivity contribution >= 4 is 0 Å². The minimum Gasteiger partial charge on any atom is -0.330 e. The average molecular weight is 226 g/mol. The van der Waals surface area contributed by atoms with E-state index in [1.807, 2.05) is 0 Å². The summed E-state index contributed by atoms with van der Waals surface area (Å²) < 4.78 is 0. The van der Waals surface area contributed by atoms with Gasteiger partial charge in [0.05, 0.1) is 0 Å². The van der Waals surface area contributed by atoms with Crippen LogP contribution in [-0.2, 0) is 0 Å². The van der Waals surface area contributed by atoms with Gasteiger partial charge in [0.25, 0.3) is 0 Å². The minimum absolute atomic E-state index is 0.490. The molecule has 1 aliphatic heterocycles. The maximum atomic E-state index is 5.77. The highest BCUT2D eigenvalue weighted by Gasteiger charge is 2.28. The lowest BCUT2D eigenvalue weighted by atomic mass is 9.75. The largest absolute Gasteiger partial charge is 0.330 e. The fourth-order valence-corrected chi connectivity index (χ4v) is 2.72. The van der Waals surface area contributed by atoms with E-state index in [1.54, 1.807) is 0 Å². The standard InChI is InChI=1S/C14H30N2/c1-5-12(10-15)11-16-8-6-13(7-9-16)14(2,3)4/h12-13H,5-11,15H2,1-4H3. The van der Waals surface area contributed by atoms with Crippen molar-refractivity contribution in [1.29, 1.82) is 0 Å². The number of likely N-dealkylation sites (tertiary alicyclic amines) is 1. The summed E-state index contributed by atoms with van der Waals surface area (Å²) in [6.45, 7) is 14.0. The van der Waals surface area contributed by atoms with Crippen LogP contribution in [0.1, 0.15) is 47.0 Å². The first kappa shape index (κ1) is 14.0. The Bertz CT molecular complexity index is 183. The molecule has 0 radical (unpaired) electrons. The first-order chi connectivity index (χ1) is 7.47. The Kier molecular flexibility index (Phi) is 5.26. The van der Waals surface area contributed by atoms with Gasteiger partial charge < -0.3 is 10.6 Å². The molecular formula is C14H30N2. The summed E-state index contributed by atoms with van der Waals surface area (Å²) in [5, 5.41) is 0. The van der Waals surface area contributed by atoms with Crippen molar-refractivity contribution in [2.45, 2.75) is 47.0 Å². The number of nitrogens with zero attached hydrogens (tertiary/aromatic N) is 1. The molecule has 16 heavy (non-hydrogen) atoms. The maximum absolute atomic E-state index is 5.77. The van der Waals surface area contributed by atoms with E-state index < -0.39 is 0 Å². The second-order valence-electron chi connectivity index (χ2n) is 6.45. The van der Waals surface area contributed by atoms with Gasteiger partial charge in [-0.15, -0.1) is 0 Å². The summed E-state index contributed by atoms with van der Waals surface area (Å²) in [7, 11) is 0. The number of rotatable bonds is 4.